The van der Waals surface area contributed by atoms with Crippen molar-refractivity contribution < 1.29 is 27.6 Å². The molecule has 0 spiro atoms. The van der Waals surface area contributed by atoms with Gasteiger partial charge in [-0.2, -0.15) is 13.2 Å². The molecule has 2 atom stereocenters. The van der Waals surface area contributed by atoms with Crippen LogP contribution in [0.25, 0.3) is 10.9 Å². The minimum atomic E-state index is -4.52. The van der Waals surface area contributed by atoms with Gasteiger partial charge < -0.3 is 30.8 Å². The molecule has 3 amide bonds. The Hall–Kier alpha value is -4.65. The Balaban J connectivity index is 1.41. The highest BCUT2D eigenvalue weighted by molar-refractivity contribution is 5.98. The summed E-state index contributed by atoms with van der Waals surface area (Å²) < 4.78 is 41.4. The zero-order chi connectivity index (χ0) is 33.2. The summed E-state index contributed by atoms with van der Waals surface area (Å²) in [5.41, 5.74) is 5.96. The molecular weight excluding hydrogens is 599 g/mol. The lowest BCUT2D eigenvalue weighted by Crippen LogP contribution is -2.55. The summed E-state index contributed by atoms with van der Waals surface area (Å²) in [6, 6.07) is 10.0. The Morgan fingerprint density at radius 3 is 2.39 bits per heavy atom. The van der Waals surface area contributed by atoms with Crippen molar-refractivity contribution in [3.63, 3.8) is 0 Å². The SMILES string of the molecule is CC1CCN(C(=O)C(c2ccc(C(F)(F)F)cc2)n2cnc(NC(=O)C(Cc3c[nH]c4ccccc34)NC(=O)C(C)(C)N)c2)CC1. The maximum atomic E-state index is 13.8. The molecular formula is C33H38F3N7O3. The lowest BCUT2D eigenvalue weighted by molar-refractivity contribution is -0.137. The van der Waals surface area contributed by atoms with Gasteiger partial charge >= 0.3 is 6.18 Å². The van der Waals surface area contributed by atoms with Gasteiger partial charge in [0, 0.05) is 42.8 Å². The summed E-state index contributed by atoms with van der Waals surface area (Å²) in [5.74, 6) is -0.799. The van der Waals surface area contributed by atoms with Crippen LogP contribution in [0.2, 0.25) is 0 Å². The number of likely N-dealkylation sites (tertiary alicyclic amines) is 1. The predicted octanol–water partition coefficient (Wildman–Crippen LogP) is 4.63. The second kappa shape index (κ2) is 13.0. The molecule has 1 aliphatic heterocycles. The molecule has 13 heteroatoms. The number of nitrogens with zero attached hydrogens (tertiary/aromatic N) is 3. The number of nitrogens with two attached hydrogens (primary N) is 1. The lowest BCUT2D eigenvalue weighted by Gasteiger charge is -2.33. The maximum Gasteiger partial charge on any atom is 0.416 e. The number of aromatic nitrogens is 3. The number of alkyl halides is 3. The number of fused-ring (bicyclic) bond motifs is 1. The smallest absolute Gasteiger partial charge is 0.361 e. The summed E-state index contributed by atoms with van der Waals surface area (Å²) in [6.45, 7) is 6.24. The standard InChI is InChI=1S/C33H38F3N7O3/c1-20-12-14-42(15-13-20)30(45)28(21-8-10-23(11-9-21)33(34,35)36)43-18-27(39-19-43)41-29(44)26(40-31(46)32(2,3)37)16-22-17-38-25-7-5-4-6-24(22)25/h4-11,17-20,26,28,38H,12-16,37H2,1-3H3,(H,40,46)(H,41,44). The first-order chi connectivity index (χ1) is 21.7. The number of anilines is 1. The van der Waals surface area contributed by atoms with E-state index in [-0.39, 0.29) is 18.1 Å². The second-order valence-electron chi connectivity index (χ2n) is 12.5. The molecule has 4 aromatic rings. The molecule has 5 rings (SSSR count). The number of hydrogen-bond acceptors (Lipinski definition) is 5. The fourth-order valence-corrected chi connectivity index (χ4v) is 5.53. The monoisotopic (exact) mass is 637 g/mol. The van der Waals surface area contributed by atoms with Crippen molar-refractivity contribution >= 4 is 34.4 Å². The summed E-state index contributed by atoms with van der Waals surface area (Å²) in [4.78, 5) is 49.5. The zero-order valence-corrected chi connectivity index (χ0v) is 25.9. The van der Waals surface area contributed by atoms with E-state index in [0.717, 1.165) is 41.4 Å². The van der Waals surface area contributed by atoms with Crippen LogP contribution in [-0.4, -0.2) is 61.8 Å². The molecule has 0 radical (unpaired) electrons. The van der Waals surface area contributed by atoms with Gasteiger partial charge in [-0.15, -0.1) is 0 Å². The van der Waals surface area contributed by atoms with Crippen LogP contribution in [0.15, 0.2) is 67.3 Å². The molecule has 0 saturated carbocycles. The number of carbonyl (C=O) groups excluding carboxylic acids is 3. The van der Waals surface area contributed by atoms with Crippen LogP contribution in [0.4, 0.5) is 19.0 Å². The van der Waals surface area contributed by atoms with Gasteiger partial charge in [0.2, 0.25) is 17.7 Å². The summed E-state index contributed by atoms with van der Waals surface area (Å²) in [7, 11) is 0. The maximum absolute atomic E-state index is 13.8. The molecule has 0 aliphatic carbocycles. The second-order valence-corrected chi connectivity index (χ2v) is 12.5. The van der Waals surface area contributed by atoms with E-state index < -0.39 is 41.2 Å². The van der Waals surface area contributed by atoms with Gasteiger partial charge in [-0.05, 0) is 61.9 Å². The highest BCUT2D eigenvalue weighted by Crippen LogP contribution is 2.32. The highest BCUT2D eigenvalue weighted by atomic mass is 19.4. The molecule has 2 aromatic carbocycles. The summed E-state index contributed by atoms with van der Waals surface area (Å²) in [5, 5.41) is 6.37. The Bertz CT molecular complexity index is 1700. The number of hydrogen-bond donors (Lipinski definition) is 4. The van der Waals surface area contributed by atoms with E-state index in [2.05, 4.69) is 27.5 Å². The Morgan fingerprint density at radius 2 is 1.74 bits per heavy atom. The molecule has 1 fully saturated rings. The minimum Gasteiger partial charge on any atom is -0.361 e. The fourth-order valence-electron chi connectivity index (χ4n) is 5.53. The average Bonchev–Trinajstić information content (AvgIpc) is 3.63. The van der Waals surface area contributed by atoms with Crippen LogP contribution in [-0.2, 0) is 27.0 Å². The number of benzene rings is 2. The van der Waals surface area contributed by atoms with Gasteiger partial charge in [0.1, 0.15) is 12.1 Å². The number of piperidine rings is 1. The number of carbonyl (C=O) groups is 3. The molecule has 46 heavy (non-hydrogen) atoms. The van der Waals surface area contributed by atoms with Crippen molar-refractivity contribution in [1.29, 1.82) is 0 Å². The number of nitrogens with one attached hydrogen (secondary N) is 3. The van der Waals surface area contributed by atoms with Crippen LogP contribution in [0, 0.1) is 5.92 Å². The number of para-hydroxylation sites is 1. The van der Waals surface area contributed by atoms with Crippen molar-refractivity contribution in [1.82, 2.24) is 24.8 Å². The van der Waals surface area contributed by atoms with Gasteiger partial charge in [0.05, 0.1) is 17.4 Å². The van der Waals surface area contributed by atoms with Gasteiger partial charge in [0.15, 0.2) is 5.82 Å². The van der Waals surface area contributed by atoms with E-state index >= 15 is 0 Å². The molecule has 2 aromatic heterocycles. The number of aromatic amines is 1. The number of halogens is 3. The number of amides is 3. The van der Waals surface area contributed by atoms with E-state index in [1.807, 2.05) is 24.3 Å². The van der Waals surface area contributed by atoms with E-state index in [9.17, 15) is 27.6 Å². The Kier molecular flexibility index (Phi) is 9.24. The Labute approximate surface area is 264 Å². The molecule has 0 bridgehead atoms. The average molecular weight is 638 g/mol. The number of imidazole rings is 1. The number of rotatable bonds is 9. The van der Waals surface area contributed by atoms with E-state index in [1.165, 1.54) is 43.1 Å². The largest absolute Gasteiger partial charge is 0.416 e. The van der Waals surface area contributed by atoms with E-state index in [1.54, 1.807) is 11.1 Å². The van der Waals surface area contributed by atoms with Crippen LogP contribution < -0.4 is 16.4 Å². The van der Waals surface area contributed by atoms with E-state index in [4.69, 9.17) is 5.73 Å². The predicted molar refractivity (Wildman–Crippen MR) is 168 cm³/mol. The molecule has 1 saturated heterocycles. The third kappa shape index (κ3) is 7.41. The quantitative estimate of drug-likeness (QED) is 0.212. The fraction of sp³-hybridized carbons (Fsp3) is 0.394. The minimum absolute atomic E-state index is 0.104. The normalized spacial score (nSPS) is 15.8. The first-order valence-corrected chi connectivity index (χ1v) is 15.2. The van der Waals surface area contributed by atoms with Crippen molar-refractivity contribution in [3.8, 4) is 0 Å². The summed E-state index contributed by atoms with van der Waals surface area (Å²) in [6.07, 6.45) is 1.87. The Morgan fingerprint density at radius 1 is 1.07 bits per heavy atom. The van der Waals surface area contributed by atoms with Crippen LogP contribution in [0.1, 0.15) is 56.3 Å². The van der Waals surface area contributed by atoms with Crippen molar-refractivity contribution in [3.05, 3.63) is 83.9 Å². The summed E-state index contributed by atoms with van der Waals surface area (Å²) >= 11 is 0. The van der Waals surface area contributed by atoms with Gasteiger partial charge in [-0.1, -0.05) is 37.3 Å². The number of H-pyrrole nitrogens is 1. The zero-order valence-electron chi connectivity index (χ0n) is 25.9. The van der Waals surface area contributed by atoms with Crippen LogP contribution in [0.3, 0.4) is 0 Å². The molecule has 3 heterocycles. The lowest BCUT2D eigenvalue weighted by atomic mass is 9.97. The first kappa shape index (κ1) is 32.7. The van der Waals surface area contributed by atoms with Crippen molar-refractivity contribution in [2.24, 2.45) is 11.7 Å². The third-order valence-electron chi connectivity index (χ3n) is 8.34. The van der Waals surface area contributed by atoms with E-state index in [0.29, 0.717) is 24.6 Å². The molecule has 244 valence electrons. The molecule has 2 unspecified atom stereocenters. The molecule has 10 nitrogen and oxygen atoms in total. The van der Waals surface area contributed by atoms with Crippen LogP contribution >= 0.6 is 0 Å². The van der Waals surface area contributed by atoms with Crippen molar-refractivity contribution in [2.75, 3.05) is 18.4 Å². The molecule has 1 aliphatic rings. The van der Waals surface area contributed by atoms with Crippen molar-refractivity contribution in [2.45, 2.75) is 63.8 Å². The first-order valence-electron chi connectivity index (χ1n) is 15.2. The third-order valence-corrected chi connectivity index (χ3v) is 8.34. The van der Waals surface area contributed by atoms with Gasteiger partial charge in [-0.3, -0.25) is 14.4 Å². The topological polar surface area (TPSA) is 138 Å². The van der Waals surface area contributed by atoms with Crippen LogP contribution in [0.5, 0.6) is 0 Å². The molecule has 5 N–H and O–H groups in total. The van der Waals surface area contributed by atoms with Gasteiger partial charge in [-0.25, -0.2) is 4.98 Å². The highest BCUT2D eigenvalue weighted by Gasteiger charge is 2.34. The van der Waals surface area contributed by atoms with Gasteiger partial charge in [0.25, 0.3) is 0 Å².